The quantitative estimate of drug-likeness (QED) is 0.812. The van der Waals surface area contributed by atoms with E-state index in [9.17, 15) is 0 Å². The van der Waals surface area contributed by atoms with Gasteiger partial charge in [-0.05, 0) is 44.9 Å². The zero-order valence-electron chi connectivity index (χ0n) is 12.0. The molecule has 0 aliphatic heterocycles. The molecule has 0 heterocycles. The van der Waals surface area contributed by atoms with Crippen LogP contribution in [0.4, 0.5) is 0 Å². The second-order valence-corrected chi connectivity index (χ2v) is 6.68. The molecule has 1 N–H and O–H groups in total. The third-order valence-corrected chi connectivity index (χ3v) is 5.00. The summed E-state index contributed by atoms with van der Waals surface area (Å²) in [6.07, 6.45) is 7.21. The molecule has 2 rings (SSSR count). The first kappa shape index (κ1) is 13.4. The summed E-state index contributed by atoms with van der Waals surface area (Å²) < 4.78 is 5.79. The predicted molar refractivity (Wildman–Crippen MR) is 72.2 cm³/mol. The first-order valence-electron chi connectivity index (χ1n) is 7.41. The maximum absolute atomic E-state index is 5.79. The average molecular weight is 239 g/mol. The maximum atomic E-state index is 5.79. The van der Waals surface area contributed by atoms with Crippen LogP contribution in [0.5, 0.6) is 0 Å². The maximum Gasteiger partial charge on any atom is 0.0655 e. The topological polar surface area (TPSA) is 21.3 Å². The van der Waals surface area contributed by atoms with Crippen molar-refractivity contribution in [2.75, 3.05) is 6.61 Å². The van der Waals surface area contributed by atoms with E-state index >= 15 is 0 Å². The minimum atomic E-state index is 0.319. The number of ether oxygens (including phenoxy) is 1. The molecule has 2 heteroatoms. The van der Waals surface area contributed by atoms with Crippen molar-refractivity contribution in [3.8, 4) is 0 Å². The fraction of sp³-hybridized carbons (Fsp3) is 1.00. The van der Waals surface area contributed by atoms with E-state index in [0.717, 1.165) is 18.6 Å². The van der Waals surface area contributed by atoms with Crippen LogP contribution in [0.2, 0.25) is 0 Å². The third kappa shape index (κ3) is 2.85. The van der Waals surface area contributed by atoms with Crippen LogP contribution in [0.1, 0.15) is 59.8 Å². The lowest BCUT2D eigenvalue weighted by atomic mass is 9.64. The van der Waals surface area contributed by atoms with Crippen molar-refractivity contribution in [2.45, 2.75) is 78.0 Å². The van der Waals surface area contributed by atoms with Crippen molar-refractivity contribution < 1.29 is 4.74 Å². The van der Waals surface area contributed by atoms with E-state index in [1.165, 1.54) is 32.1 Å². The highest BCUT2D eigenvalue weighted by atomic mass is 16.5. The van der Waals surface area contributed by atoms with Gasteiger partial charge in [0.2, 0.25) is 0 Å². The van der Waals surface area contributed by atoms with E-state index in [2.05, 4.69) is 33.0 Å². The van der Waals surface area contributed by atoms with Gasteiger partial charge in [-0.1, -0.05) is 20.8 Å². The van der Waals surface area contributed by atoms with E-state index in [4.69, 9.17) is 4.74 Å². The Morgan fingerprint density at radius 1 is 1.18 bits per heavy atom. The van der Waals surface area contributed by atoms with Gasteiger partial charge >= 0.3 is 0 Å². The van der Waals surface area contributed by atoms with Gasteiger partial charge in [0.05, 0.1) is 6.10 Å². The SMILES string of the molecule is CCOC1CC(NC2CCC(C)CC2)C1(C)C. The standard InChI is InChI=1S/C15H29NO/c1-5-17-14-10-13(15(14,3)4)16-12-8-6-11(2)7-9-12/h11-14,16H,5-10H2,1-4H3. The number of hydrogen-bond donors (Lipinski definition) is 1. The summed E-state index contributed by atoms with van der Waals surface area (Å²) in [4.78, 5) is 0. The Labute approximate surface area is 107 Å². The molecule has 0 saturated heterocycles. The van der Waals surface area contributed by atoms with E-state index in [-0.39, 0.29) is 0 Å². The minimum absolute atomic E-state index is 0.319. The normalized spacial score (nSPS) is 40.9. The van der Waals surface area contributed by atoms with Crippen molar-refractivity contribution >= 4 is 0 Å². The lowest BCUT2D eigenvalue weighted by Gasteiger charge is -2.53. The van der Waals surface area contributed by atoms with Crippen molar-refractivity contribution in [2.24, 2.45) is 11.3 Å². The van der Waals surface area contributed by atoms with Crippen LogP contribution < -0.4 is 5.32 Å². The van der Waals surface area contributed by atoms with Crippen LogP contribution in [0.25, 0.3) is 0 Å². The molecule has 0 amide bonds. The van der Waals surface area contributed by atoms with Gasteiger partial charge in [0, 0.05) is 24.1 Å². The smallest absolute Gasteiger partial charge is 0.0655 e. The molecule has 2 saturated carbocycles. The van der Waals surface area contributed by atoms with Crippen molar-refractivity contribution in [1.82, 2.24) is 5.32 Å². The highest BCUT2D eigenvalue weighted by molar-refractivity contribution is 5.03. The Morgan fingerprint density at radius 3 is 2.35 bits per heavy atom. The van der Waals surface area contributed by atoms with Crippen LogP contribution in [0, 0.1) is 11.3 Å². The molecule has 0 bridgehead atoms. The van der Waals surface area contributed by atoms with Crippen LogP contribution in [-0.4, -0.2) is 24.8 Å². The Kier molecular flexibility index (Phi) is 4.14. The summed E-state index contributed by atoms with van der Waals surface area (Å²) in [5.74, 6) is 0.943. The van der Waals surface area contributed by atoms with E-state index in [1.807, 2.05) is 0 Å². The summed E-state index contributed by atoms with van der Waals surface area (Å²) in [5.41, 5.74) is 0.319. The van der Waals surface area contributed by atoms with E-state index in [0.29, 0.717) is 17.6 Å². The lowest BCUT2D eigenvalue weighted by Crippen LogP contribution is -2.63. The van der Waals surface area contributed by atoms with Crippen molar-refractivity contribution in [3.63, 3.8) is 0 Å². The summed E-state index contributed by atoms with van der Waals surface area (Å²) in [6.45, 7) is 10.0. The second kappa shape index (κ2) is 5.27. The Balaban J connectivity index is 1.77. The van der Waals surface area contributed by atoms with Gasteiger partial charge in [-0.25, -0.2) is 0 Å². The van der Waals surface area contributed by atoms with Crippen LogP contribution in [-0.2, 0) is 4.74 Å². The summed E-state index contributed by atoms with van der Waals surface area (Å²) in [7, 11) is 0. The molecule has 0 spiro atoms. The number of hydrogen-bond acceptors (Lipinski definition) is 2. The first-order chi connectivity index (χ1) is 8.04. The molecular weight excluding hydrogens is 210 g/mol. The predicted octanol–water partition coefficient (Wildman–Crippen LogP) is 3.36. The molecule has 2 atom stereocenters. The highest BCUT2D eigenvalue weighted by Gasteiger charge is 2.49. The van der Waals surface area contributed by atoms with E-state index in [1.54, 1.807) is 0 Å². The van der Waals surface area contributed by atoms with Crippen molar-refractivity contribution in [1.29, 1.82) is 0 Å². The average Bonchev–Trinajstić information content (AvgIpc) is 2.30. The zero-order valence-corrected chi connectivity index (χ0v) is 12.0. The molecule has 2 unspecified atom stereocenters. The Morgan fingerprint density at radius 2 is 1.82 bits per heavy atom. The third-order valence-electron chi connectivity index (χ3n) is 5.00. The largest absolute Gasteiger partial charge is 0.378 e. The van der Waals surface area contributed by atoms with Gasteiger partial charge in [0.25, 0.3) is 0 Å². The fourth-order valence-electron chi connectivity index (χ4n) is 3.36. The lowest BCUT2D eigenvalue weighted by molar-refractivity contribution is -0.117. The molecule has 100 valence electrons. The number of nitrogens with one attached hydrogen (secondary N) is 1. The van der Waals surface area contributed by atoms with Gasteiger partial charge in [-0.3, -0.25) is 0 Å². The first-order valence-corrected chi connectivity index (χ1v) is 7.41. The Bertz CT molecular complexity index is 243. The van der Waals surface area contributed by atoms with Gasteiger partial charge < -0.3 is 10.1 Å². The summed E-state index contributed by atoms with van der Waals surface area (Å²) in [6, 6.07) is 1.43. The van der Waals surface area contributed by atoms with Gasteiger partial charge in [-0.15, -0.1) is 0 Å². The molecule has 0 aromatic rings. The molecule has 17 heavy (non-hydrogen) atoms. The zero-order chi connectivity index (χ0) is 12.5. The molecular formula is C15H29NO. The van der Waals surface area contributed by atoms with Crippen LogP contribution in [0.3, 0.4) is 0 Å². The van der Waals surface area contributed by atoms with E-state index < -0.39 is 0 Å². The molecule has 2 aliphatic rings. The molecule has 0 radical (unpaired) electrons. The second-order valence-electron chi connectivity index (χ2n) is 6.68. The highest BCUT2D eigenvalue weighted by Crippen LogP contribution is 2.43. The summed E-state index contributed by atoms with van der Waals surface area (Å²) in [5, 5.41) is 3.87. The minimum Gasteiger partial charge on any atom is -0.378 e. The van der Waals surface area contributed by atoms with Gasteiger partial charge in [-0.2, -0.15) is 0 Å². The molecule has 0 aromatic carbocycles. The molecule has 2 aliphatic carbocycles. The summed E-state index contributed by atoms with van der Waals surface area (Å²) >= 11 is 0. The van der Waals surface area contributed by atoms with Gasteiger partial charge in [0.15, 0.2) is 0 Å². The van der Waals surface area contributed by atoms with Crippen LogP contribution in [0.15, 0.2) is 0 Å². The monoisotopic (exact) mass is 239 g/mol. The molecule has 2 fully saturated rings. The van der Waals surface area contributed by atoms with Crippen molar-refractivity contribution in [3.05, 3.63) is 0 Å². The molecule has 0 aromatic heterocycles. The Hall–Kier alpha value is -0.0800. The fourth-order valence-corrected chi connectivity index (χ4v) is 3.36. The molecule has 2 nitrogen and oxygen atoms in total. The number of rotatable bonds is 4. The van der Waals surface area contributed by atoms with Gasteiger partial charge in [0.1, 0.15) is 0 Å². The van der Waals surface area contributed by atoms with Crippen LogP contribution >= 0.6 is 0 Å².